The van der Waals surface area contributed by atoms with E-state index in [1.165, 1.54) is 35.3 Å². The molecule has 1 amide bonds. The first-order valence-corrected chi connectivity index (χ1v) is 7.95. The number of carbonyl (C=O) groups is 1. The van der Waals surface area contributed by atoms with Crippen LogP contribution in [0.2, 0.25) is 0 Å². The first-order valence-electron chi connectivity index (χ1n) is 6.40. The summed E-state index contributed by atoms with van der Waals surface area (Å²) in [7, 11) is -1.36. The number of hydrogen-bond donors (Lipinski definition) is 1. The molecule has 0 saturated carbocycles. The van der Waals surface area contributed by atoms with Gasteiger partial charge in [-0.2, -0.15) is 0 Å². The van der Waals surface area contributed by atoms with E-state index in [9.17, 15) is 17.8 Å². The summed E-state index contributed by atoms with van der Waals surface area (Å²) in [5, 5.41) is 9.97. The zero-order valence-electron chi connectivity index (χ0n) is 11.8. The Balaban J connectivity index is 1.88. The molecule has 0 fully saturated rings. The molecule has 1 aromatic carbocycles. The summed E-state index contributed by atoms with van der Waals surface area (Å²) in [5.74, 6) is -1.67. The number of benzene rings is 1. The summed E-state index contributed by atoms with van der Waals surface area (Å²) in [6, 6.07) is 3.62. The third kappa shape index (κ3) is 3.94. The lowest BCUT2D eigenvalue weighted by Crippen LogP contribution is -2.30. The fourth-order valence-electron chi connectivity index (χ4n) is 1.88. The Morgan fingerprint density at radius 2 is 2.05 bits per heavy atom. The van der Waals surface area contributed by atoms with E-state index >= 15 is 0 Å². The fourth-order valence-corrected chi connectivity index (χ4v) is 2.49. The molecule has 1 heterocycles. The second-order valence-electron chi connectivity index (χ2n) is 4.50. The summed E-state index contributed by atoms with van der Waals surface area (Å²) in [6.45, 7) is -0.0228. The molecular formula is C13H14F2N4O2S. The Kier molecular flexibility index (Phi) is 5.31. The molecule has 0 bridgehead atoms. The lowest BCUT2D eigenvalue weighted by molar-refractivity contribution is -0.121. The average Bonchev–Trinajstić information content (AvgIpc) is 2.90. The Morgan fingerprint density at radius 1 is 1.36 bits per heavy atom. The van der Waals surface area contributed by atoms with Crippen molar-refractivity contribution in [3.63, 3.8) is 0 Å². The molecule has 0 aliphatic heterocycles. The highest BCUT2D eigenvalue weighted by Gasteiger charge is 2.12. The van der Waals surface area contributed by atoms with E-state index < -0.39 is 22.4 Å². The molecule has 0 saturated heterocycles. The maximum Gasteiger partial charge on any atom is 0.240 e. The van der Waals surface area contributed by atoms with Crippen molar-refractivity contribution in [3.05, 3.63) is 41.7 Å². The Morgan fingerprint density at radius 3 is 2.68 bits per heavy atom. The van der Waals surface area contributed by atoms with Crippen LogP contribution >= 0.6 is 0 Å². The summed E-state index contributed by atoms with van der Waals surface area (Å²) in [4.78, 5) is 11.8. The van der Waals surface area contributed by atoms with Crippen molar-refractivity contribution in [1.29, 1.82) is 0 Å². The van der Waals surface area contributed by atoms with Crippen molar-refractivity contribution < 1.29 is 17.8 Å². The first kappa shape index (κ1) is 16.2. The van der Waals surface area contributed by atoms with E-state index in [1.807, 2.05) is 0 Å². The second kappa shape index (κ2) is 7.21. The first-order chi connectivity index (χ1) is 10.5. The number of rotatable bonds is 6. The van der Waals surface area contributed by atoms with Crippen molar-refractivity contribution in [1.82, 2.24) is 20.1 Å². The number of carbonyl (C=O) groups excluding carboxylic acids is 1. The van der Waals surface area contributed by atoms with Crippen LogP contribution in [0.15, 0.2) is 29.7 Å². The molecule has 9 heteroatoms. The third-order valence-electron chi connectivity index (χ3n) is 2.91. The molecule has 2 rings (SSSR count). The molecule has 0 unspecified atom stereocenters. The van der Waals surface area contributed by atoms with Crippen LogP contribution in [0.4, 0.5) is 8.78 Å². The molecule has 0 aliphatic carbocycles. The monoisotopic (exact) mass is 328 g/mol. The number of aromatic nitrogens is 3. The summed E-state index contributed by atoms with van der Waals surface area (Å²) in [6.07, 6.45) is 2.77. The predicted octanol–water partition coefficient (Wildman–Crippen LogP) is 0.653. The number of amides is 1. The highest BCUT2D eigenvalue weighted by molar-refractivity contribution is 7.84. The Labute approximate surface area is 128 Å². The van der Waals surface area contributed by atoms with Crippen LogP contribution in [0.3, 0.4) is 0 Å². The van der Waals surface area contributed by atoms with Gasteiger partial charge in [0, 0.05) is 18.4 Å². The second-order valence-corrected chi connectivity index (χ2v) is 5.77. The van der Waals surface area contributed by atoms with Crippen LogP contribution in [-0.2, 0) is 28.6 Å². The van der Waals surface area contributed by atoms with Gasteiger partial charge in [-0.1, -0.05) is 6.07 Å². The van der Waals surface area contributed by atoms with Crippen molar-refractivity contribution in [2.24, 2.45) is 0 Å². The van der Waals surface area contributed by atoms with E-state index in [0.717, 1.165) is 0 Å². The SMILES string of the molecule is C[S@@](=O)c1nncn1CC(=O)NCCc1c(F)cccc1F. The molecule has 1 N–H and O–H groups in total. The van der Waals surface area contributed by atoms with Crippen LogP contribution in [0.5, 0.6) is 0 Å². The number of nitrogens with one attached hydrogen (secondary N) is 1. The van der Waals surface area contributed by atoms with E-state index in [1.54, 1.807) is 0 Å². The average molecular weight is 328 g/mol. The van der Waals surface area contributed by atoms with Gasteiger partial charge in [-0.3, -0.25) is 13.6 Å². The van der Waals surface area contributed by atoms with Crippen molar-refractivity contribution in [3.8, 4) is 0 Å². The number of nitrogens with zero attached hydrogens (tertiary/aromatic N) is 3. The normalized spacial score (nSPS) is 12.1. The topological polar surface area (TPSA) is 76.9 Å². The van der Waals surface area contributed by atoms with Gasteiger partial charge in [-0.05, 0) is 18.6 Å². The van der Waals surface area contributed by atoms with Gasteiger partial charge < -0.3 is 5.32 Å². The highest BCUT2D eigenvalue weighted by atomic mass is 32.2. The molecule has 6 nitrogen and oxygen atoms in total. The summed E-state index contributed by atoms with van der Waals surface area (Å²) < 4.78 is 39.5. The molecule has 0 aliphatic rings. The minimum atomic E-state index is -1.36. The highest BCUT2D eigenvalue weighted by Crippen LogP contribution is 2.12. The van der Waals surface area contributed by atoms with Gasteiger partial charge in [0.05, 0.1) is 10.8 Å². The lowest BCUT2D eigenvalue weighted by Gasteiger charge is -2.08. The molecule has 1 atom stereocenters. The maximum absolute atomic E-state index is 13.4. The van der Waals surface area contributed by atoms with Crippen molar-refractivity contribution in [2.75, 3.05) is 12.8 Å². The van der Waals surface area contributed by atoms with Crippen LogP contribution in [-0.4, -0.2) is 37.7 Å². The van der Waals surface area contributed by atoms with Gasteiger partial charge in [0.25, 0.3) is 0 Å². The predicted molar refractivity (Wildman–Crippen MR) is 75.4 cm³/mol. The van der Waals surface area contributed by atoms with Gasteiger partial charge >= 0.3 is 0 Å². The minimum absolute atomic E-state index is 0.0407. The van der Waals surface area contributed by atoms with E-state index in [2.05, 4.69) is 15.5 Å². The molecule has 2 aromatic rings. The zero-order valence-corrected chi connectivity index (χ0v) is 12.6. The van der Waals surface area contributed by atoms with Crippen molar-refractivity contribution >= 4 is 16.7 Å². The lowest BCUT2D eigenvalue weighted by atomic mass is 10.1. The maximum atomic E-state index is 13.4. The molecule has 0 radical (unpaired) electrons. The number of halogens is 2. The number of hydrogen-bond acceptors (Lipinski definition) is 4. The van der Waals surface area contributed by atoms with E-state index in [4.69, 9.17) is 0 Å². The van der Waals surface area contributed by atoms with Gasteiger partial charge in [-0.25, -0.2) is 8.78 Å². The van der Waals surface area contributed by atoms with E-state index in [-0.39, 0.29) is 36.1 Å². The van der Waals surface area contributed by atoms with Crippen LogP contribution in [0, 0.1) is 11.6 Å². The minimum Gasteiger partial charge on any atom is -0.354 e. The van der Waals surface area contributed by atoms with Crippen LogP contribution in [0.25, 0.3) is 0 Å². The summed E-state index contributed by atoms with van der Waals surface area (Å²) in [5.41, 5.74) is -0.0672. The van der Waals surface area contributed by atoms with Gasteiger partial charge in [0.15, 0.2) is 0 Å². The zero-order chi connectivity index (χ0) is 16.1. The summed E-state index contributed by atoms with van der Waals surface area (Å²) >= 11 is 0. The van der Waals surface area contributed by atoms with Gasteiger partial charge in [0.2, 0.25) is 11.1 Å². The van der Waals surface area contributed by atoms with Gasteiger partial charge in [-0.15, -0.1) is 10.2 Å². The fraction of sp³-hybridized carbons (Fsp3) is 0.308. The smallest absolute Gasteiger partial charge is 0.240 e. The molecular weight excluding hydrogens is 314 g/mol. The third-order valence-corrected chi connectivity index (χ3v) is 3.74. The largest absolute Gasteiger partial charge is 0.354 e. The molecule has 0 spiro atoms. The Hall–Kier alpha value is -2.16. The van der Waals surface area contributed by atoms with Crippen molar-refractivity contribution in [2.45, 2.75) is 18.1 Å². The quantitative estimate of drug-likeness (QED) is 0.845. The van der Waals surface area contributed by atoms with E-state index in [0.29, 0.717) is 0 Å². The van der Waals surface area contributed by atoms with Crippen LogP contribution < -0.4 is 5.32 Å². The molecule has 118 valence electrons. The van der Waals surface area contributed by atoms with Gasteiger partial charge in [0.1, 0.15) is 24.5 Å². The molecule has 1 aromatic heterocycles. The van der Waals surface area contributed by atoms with Crippen LogP contribution in [0.1, 0.15) is 5.56 Å². The Bertz CT molecular complexity index is 685. The molecule has 22 heavy (non-hydrogen) atoms. The standard InChI is InChI=1S/C13H14F2N4O2S/c1-22(21)13-18-17-8-19(13)7-12(20)16-6-5-9-10(14)3-2-4-11(9)15/h2-4,8H,5-7H2,1H3,(H,16,20)/t22-/m1/s1.